The van der Waals surface area contributed by atoms with Crippen LogP contribution in [0.15, 0.2) is 25.0 Å². The van der Waals surface area contributed by atoms with Crippen molar-refractivity contribution in [3.63, 3.8) is 0 Å². The van der Waals surface area contributed by atoms with Gasteiger partial charge in [0.25, 0.3) is 0 Å². The molecule has 0 saturated carbocycles. The van der Waals surface area contributed by atoms with Crippen LogP contribution >= 0.6 is 0 Å². The molecule has 2 aromatic rings. The van der Waals surface area contributed by atoms with Crippen molar-refractivity contribution >= 4 is 5.91 Å². The van der Waals surface area contributed by atoms with E-state index < -0.39 is 0 Å². The van der Waals surface area contributed by atoms with Gasteiger partial charge in [0.15, 0.2) is 0 Å². The number of imidazole rings is 1. The first-order valence-corrected chi connectivity index (χ1v) is 9.14. The Morgan fingerprint density at radius 2 is 2.08 bits per heavy atom. The molecular formula is C18H28N6O. The maximum Gasteiger partial charge on any atom is 0.247 e. The molecule has 3 rings (SSSR count). The molecule has 2 aromatic heterocycles. The molecule has 136 valence electrons. The summed E-state index contributed by atoms with van der Waals surface area (Å²) in [5, 5.41) is 4.20. The average Bonchev–Trinajstić information content (AvgIpc) is 3.26. The van der Waals surface area contributed by atoms with E-state index in [0.717, 1.165) is 31.8 Å². The molecule has 1 aliphatic heterocycles. The molecule has 7 heteroatoms. The summed E-state index contributed by atoms with van der Waals surface area (Å²) in [6.07, 6.45) is 9.12. The number of likely N-dealkylation sites (tertiary alicyclic amines) is 1. The zero-order valence-corrected chi connectivity index (χ0v) is 15.5. The van der Waals surface area contributed by atoms with Crippen LogP contribution in [0.4, 0.5) is 0 Å². The van der Waals surface area contributed by atoms with Crippen molar-refractivity contribution in [1.29, 1.82) is 0 Å². The zero-order chi connectivity index (χ0) is 18.0. The molecule has 1 amide bonds. The number of rotatable bonds is 5. The fourth-order valence-corrected chi connectivity index (χ4v) is 3.71. The Kier molecular flexibility index (Phi) is 5.20. The smallest absolute Gasteiger partial charge is 0.247 e. The molecule has 1 aliphatic rings. The molecule has 0 N–H and O–H groups in total. The number of nitrogens with zero attached hydrogens (tertiary/aromatic N) is 6. The Labute approximate surface area is 149 Å². The molecule has 0 aliphatic carbocycles. The van der Waals surface area contributed by atoms with E-state index in [9.17, 15) is 4.79 Å². The Morgan fingerprint density at radius 3 is 2.72 bits per heavy atom. The summed E-state index contributed by atoms with van der Waals surface area (Å²) in [5.74, 6) is 1.76. The lowest BCUT2D eigenvalue weighted by Crippen LogP contribution is -2.45. The average molecular weight is 344 g/mol. The number of hydrogen-bond acceptors (Lipinski definition) is 4. The summed E-state index contributed by atoms with van der Waals surface area (Å²) in [4.78, 5) is 23.7. The summed E-state index contributed by atoms with van der Waals surface area (Å²) in [5.41, 5.74) is 0. The van der Waals surface area contributed by atoms with Crippen molar-refractivity contribution < 1.29 is 4.79 Å². The summed E-state index contributed by atoms with van der Waals surface area (Å²) in [6.45, 7) is 9.96. The van der Waals surface area contributed by atoms with E-state index in [1.54, 1.807) is 11.0 Å². The molecule has 0 spiro atoms. The topological polar surface area (TPSA) is 68.8 Å². The van der Waals surface area contributed by atoms with Gasteiger partial charge in [-0.1, -0.05) is 27.7 Å². The fraction of sp³-hybridized carbons (Fsp3) is 0.667. The third-order valence-corrected chi connectivity index (χ3v) is 4.92. The highest BCUT2D eigenvalue weighted by Crippen LogP contribution is 2.28. The predicted octanol–water partition coefficient (Wildman–Crippen LogP) is 2.66. The second-order valence-corrected chi connectivity index (χ2v) is 7.49. The predicted molar refractivity (Wildman–Crippen MR) is 95.1 cm³/mol. The van der Waals surface area contributed by atoms with E-state index in [2.05, 4.69) is 47.3 Å². The minimum Gasteiger partial charge on any atom is -0.339 e. The molecule has 0 unspecified atom stereocenters. The van der Waals surface area contributed by atoms with Crippen LogP contribution in [-0.4, -0.2) is 48.2 Å². The Balaban J connectivity index is 1.78. The lowest BCUT2D eigenvalue weighted by atomic mass is 9.99. The van der Waals surface area contributed by atoms with E-state index in [4.69, 9.17) is 0 Å². The highest BCUT2D eigenvalue weighted by atomic mass is 16.2. The van der Waals surface area contributed by atoms with E-state index >= 15 is 0 Å². The van der Waals surface area contributed by atoms with Gasteiger partial charge >= 0.3 is 0 Å². The summed E-state index contributed by atoms with van der Waals surface area (Å²) in [6, 6.07) is -0.00485. The Bertz CT molecular complexity index is 690. The lowest BCUT2D eigenvalue weighted by Gasteiger charge is -2.37. The van der Waals surface area contributed by atoms with Crippen LogP contribution in [0.3, 0.4) is 0 Å². The van der Waals surface area contributed by atoms with Crippen LogP contribution in [0.2, 0.25) is 0 Å². The quantitative estimate of drug-likeness (QED) is 0.836. The first-order chi connectivity index (χ1) is 12.0. The molecule has 0 aromatic carbocycles. The molecule has 2 atom stereocenters. The van der Waals surface area contributed by atoms with E-state index in [1.807, 2.05) is 17.3 Å². The molecule has 7 nitrogen and oxygen atoms in total. The van der Waals surface area contributed by atoms with Crippen molar-refractivity contribution in [2.75, 3.05) is 13.1 Å². The van der Waals surface area contributed by atoms with Gasteiger partial charge in [-0.3, -0.25) is 4.79 Å². The second-order valence-electron chi connectivity index (χ2n) is 7.49. The minimum absolute atomic E-state index is 0.136. The van der Waals surface area contributed by atoms with Crippen molar-refractivity contribution in [3.8, 4) is 0 Å². The lowest BCUT2D eigenvalue weighted by molar-refractivity contribution is -0.138. The van der Waals surface area contributed by atoms with Gasteiger partial charge in [0.2, 0.25) is 5.91 Å². The fourth-order valence-electron chi connectivity index (χ4n) is 3.71. The van der Waals surface area contributed by atoms with Crippen molar-refractivity contribution in [2.24, 2.45) is 5.92 Å². The number of carbonyl (C=O) groups is 1. The van der Waals surface area contributed by atoms with Gasteiger partial charge in [-0.15, -0.1) is 0 Å². The normalized spacial score (nSPS) is 19.6. The van der Waals surface area contributed by atoms with Crippen LogP contribution in [-0.2, 0) is 4.79 Å². The molecule has 25 heavy (non-hydrogen) atoms. The first kappa shape index (κ1) is 17.6. The van der Waals surface area contributed by atoms with Crippen LogP contribution in [0, 0.1) is 5.92 Å². The SMILES string of the molecule is CC(C)c1nccn1[C@H]1CCCN(C(=O)[C@@H](C(C)C)n2cncn2)C1. The van der Waals surface area contributed by atoms with Gasteiger partial charge in [0, 0.05) is 31.4 Å². The standard InChI is InChI=1S/C18H28N6O/c1-13(2)16(24-12-19-11-21-24)18(25)22-8-5-6-15(10-22)23-9-7-20-17(23)14(3)4/h7,9,11-16H,5-6,8,10H2,1-4H3/t15-,16+/m0/s1. The Hall–Kier alpha value is -2.18. The number of hydrogen-bond donors (Lipinski definition) is 0. The third kappa shape index (κ3) is 3.60. The van der Waals surface area contributed by atoms with E-state index in [0.29, 0.717) is 12.0 Å². The van der Waals surface area contributed by atoms with Gasteiger partial charge in [-0.2, -0.15) is 5.10 Å². The number of amides is 1. The highest BCUT2D eigenvalue weighted by molar-refractivity contribution is 5.80. The summed E-state index contributed by atoms with van der Waals surface area (Å²) in [7, 11) is 0. The first-order valence-electron chi connectivity index (χ1n) is 9.14. The van der Waals surface area contributed by atoms with Gasteiger partial charge in [-0.05, 0) is 18.8 Å². The molecule has 1 fully saturated rings. The van der Waals surface area contributed by atoms with Gasteiger partial charge in [-0.25, -0.2) is 14.6 Å². The summed E-state index contributed by atoms with van der Waals surface area (Å²) >= 11 is 0. The highest BCUT2D eigenvalue weighted by Gasteiger charge is 2.33. The van der Waals surface area contributed by atoms with Gasteiger partial charge < -0.3 is 9.47 Å². The van der Waals surface area contributed by atoms with Crippen molar-refractivity contribution in [2.45, 2.75) is 58.5 Å². The zero-order valence-electron chi connectivity index (χ0n) is 15.5. The van der Waals surface area contributed by atoms with Crippen LogP contribution in [0.1, 0.15) is 64.4 Å². The van der Waals surface area contributed by atoms with Crippen molar-refractivity contribution in [1.82, 2.24) is 29.2 Å². The third-order valence-electron chi connectivity index (χ3n) is 4.92. The number of aromatic nitrogens is 5. The van der Waals surface area contributed by atoms with Crippen LogP contribution < -0.4 is 0 Å². The molecule has 1 saturated heterocycles. The van der Waals surface area contributed by atoms with E-state index in [1.165, 1.54) is 6.33 Å². The second kappa shape index (κ2) is 7.37. The number of carbonyl (C=O) groups excluding carboxylic acids is 1. The molecule has 3 heterocycles. The van der Waals surface area contributed by atoms with Gasteiger partial charge in [0.1, 0.15) is 24.5 Å². The van der Waals surface area contributed by atoms with Gasteiger partial charge in [0.05, 0.1) is 6.04 Å². The minimum atomic E-state index is -0.298. The Morgan fingerprint density at radius 1 is 1.28 bits per heavy atom. The summed E-state index contributed by atoms with van der Waals surface area (Å²) < 4.78 is 3.94. The monoisotopic (exact) mass is 344 g/mol. The van der Waals surface area contributed by atoms with E-state index in [-0.39, 0.29) is 17.9 Å². The van der Waals surface area contributed by atoms with Crippen LogP contribution in [0.25, 0.3) is 0 Å². The van der Waals surface area contributed by atoms with Crippen LogP contribution in [0.5, 0.6) is 0 Å². The largest absolute Gasteiger partial charge is 0.339 e. The maximum absolute atomic E-state index is 13.2. The maximum atomic E-state index is 13.2. The number of piperidine rings is 1. The molecule has 0 bridgehead atoms. The van der Waals surface area contributed by atoms with Crippen molar-refractivity contribution in [3.05, 3.63) is 30.9 Å². The molecular weight excluding hydrogens is 316 g/mol. The molecule has 0 radical (unpaired) electrons.